The molecule has 1 atom stereocenters. The van der Waals surface area contributed by atoms with E-state index in [1.807, 2.05) is 19.1 Å². The van der Waals surface area contributed by atoms with Gasteiger partial charge in [-0.25, -0.2) is 9.97 Å². The van der Waals surface area contributed by atoms with Crippen molar-refractivity contribution >= 4 is 11.5 Å². The Morgan fingerprint density at radius 1 is 1.15 bits per heavy atom. The maximum atomic E-state index is 5.70. The highest BCUT2D eigenvalue weighted by Gasteiger charge is 2.22. The zero-order valence-corrected chi connectivity index (χ0v) is 16.2. The number of rotatable bonds is 5. The van der Waals surface area contributed by atoms with E-state index in [1.165, 1.54) is 0 Å². The highest BCUT2D eigenvalue weighted by atomic mass is 16.6. The van der Waals surface area contributed by atoms with E-state index < -0.39 is 0 Å². The number of nitrogens with zero attached hydrogens (tertiary/aromatic N) is 3. The minimum Gasteiger partial charge on any atom is -0.486 e. The van der Waals surface area contributed by atoms with Crippen molar-refractivity contribution in [2.45, 2.75) is 45.6 Å². The Bertz CT molecular complexity index is 796. The monoisotopic (exact) mass is 368 g/mol. The topological polar surface area (TPSA) is 59.5 Å². The fraction of sp³-hybridized carbons (Fsp3) is 0.524. The minimum atomic E-state index is 0.381. The van der Waals surface area contributed by atoms with Gasteiger partial charge in [0, 0.05) is 42.6 Å². The van der Waals surface area contributed by atoms with Crippen LogP contribution >= 0.6 is 0 Å². The molecule has 6 nitrogen and oxygen atoms in total. The van der Waals surface area contributed by atoms with Gasteiger partial charge in [0.25, 0.3) is 0 Å². The molecule has 2 aliphatic heterocycles. The lowest BCUT2D eigenvalue weighted by Gasteiger charge is -2.35. The summed E-state index contributed by atoms with van der Waals surface area (Å²) in [5.74, 6) is 3.57. The third-order valence-corrected chi connectivity index (χ3v) is 5.04. The third kappa shape index (κ3) is 4.26. The van der Waals surface area contributed by atoms with E-state index in [2.05, 4.69) is 39.2 Å². The highest BCUT2D eigenvalue weighted by molar-refractivity contribution is 5.56. The van der Waals surface area contributed by atoms with E-state index >= 15 is 0 Å². The van der Waals surface area contributed by atoms with Crippen LogP contribution in [0, 0.1) is 6.92 Å². The van der Waals surface area contributed by atoms with Crippen molar-refractivity contribution in [1.29, 1.82) is 0 Å². The number of nitrogens with one attached hydrogen (secondary N) is 1. The van der Waals surface area contributed by atoms with Crippen LogP contribution in [0.3, 0.4) is 0 Å². The Kier molecular flexibility index (Phi) is 5.32. The van der Waals surface area contributed by atoms with Crippen LogP contribution in [0.4, 0.5) is 11.5 Å². The van der Waals surface area contributed by atoms with E-state index in [4.69, 9.17) is 9.47 Å². The van der Waals surface area contributed by atoms with Gasteiger partial charge in [-0.05, 0) is 38.3 Å². The summed E-state index contributed by atoms with van der Waals surface area (Å²) in [6.07, 6.45) is 4.40. The average Bonchev–Trinajstić information content (AvgIpc) is 2.68. The molecule has 6 heteroatoms. The second-order valence-corrected chi connectivity index (χ2v) is 7.30. The van der Waals surface area contributed by atoms with Crippen molar-refractivity contribution in [2.75, 3.05) is 36.5 Å². The summed E-state index contributed by atoms with van der Waals surface area (Å²) in [4.78, 5) is 11.6. The lowest BCUT2D eigenvalue weighted by molar-refractivity contribution is 0.171. The number of ether oxygens (including phenoxy) is 2. The average molecular weight is 368 g/mol. The summed E-state index contributed by atoms with van der Waals surface area (Å²) in [6, 6.07) is 8.64. The number of piperidine rings is 1. The normalized spacial score (nSPS) is 19.0. The predicted molar refractivity (Wildman–Crippen MR) is 107 cm³/mol. The maximum absolute atomic E-state index is 5.70. The quantitative estimate of drug-likeness (QED) is 0.870. The molecule has 0 radical (unpaired) electrons. The van der Waals surface area contributed by atoms with Crippen molar-refractivity contribution in [3.63, 3.8) is 0 Å². The number of aromatic nitrogens is 2. The molecule has 1 aromatic carbocycles. The molecular formula is C21H28N4O2. The molecule has 0 spiro atoms. The van der Waals surface area contributed by atoms with Crippen LogP contribution in [0.5, 0.6) is 11.5 Å². The summed E-state index contributed by atoms with van der Waals surface area (Å²) >= 11 is 0. The van der Waals surface area contributed by atoms with Gasteiger partial charge in [0.15, 0.2) is 11.5 Å². The van der Waals surface area contributed by atoms with Crippen molar-refractivity contribution in [2.24, 2.45) is 0 Å². The molecule has 0 aliphatic carbocycles. The zero-order chi connectivity index (χ0) is 18.6. The molecule has 4 rings (SSSR count). The Hall–Kier alpha value is -2.50. The van der Waals surface area contributed by atoms with Crippen molar-refractivity contribution < 1.29 is 9.47 Å². The molecule has 1 aromatic heterocycles. The van der Waals surface area contributed by atoms with Crippen LogP contribution in [-0.4, -0.2) is 42.3 Å². The Labute approximate surface area is 160 Å². The fourth-order valence-electron chi connectivity index (χ4n) is 3.83. The molecule has 1 N–H and O–H groups in total. The number of hydrogen-bond acceptors (Lipinski definition) is 6. The first kappa shape index (κ1) is 17.9. The lowest BCUT2D eigenvalue weighted by atomic mass is 10.0. The standard InChI is InChI=1S/C21H28N4O2/c1-3-5-16-13-21(23-15(2)22-16)25-9-4-6-18(14-25)24-17-7-8-19-20(12-17)27-11-10-26-19/h7-8,12-13,18,24H,3-6,9-11,14H2,1-2H3/t18-/m1/s1. The Morgan fingerprint density at radius 3 is 2.85 bits per heavy atom. The Morgan fingerprint density at radius 2 is 2.00 bits per heavy atom. The largest absolute Gasteiger partial charge is 0.486 e. The van der Waals surface area contributed by atoms with Gasteiger partial charge in [-0.1, -0.05) is 13.3 Å². The second-order valence-electron chi connectivity index (χ2n) is 7.30. The van der Waals surface area contributed by atoms with E-state index in [1.54, 1.807) is 0 Å². The van der Waals surface area contributed by atoms with Crippen molar-refractivity contribution in [1.82, 2.24) is 9.97 Å². The highest BCUT2D eigenvalue weighted by Crippen LogP contribution is 2.33. The van der Waals surface area contributed by atoms with Crippen LogP contribution in [-0.2, 0) is 6.42 Å². The minimum absolute atomic E-state index is 0.381. The zero-order valence-electron chi connectivity index (χ0n) is 16.2. The van der Waals surface area contributed by atoms with Gasteiger partial charge in [0.05, 0.1) is 0 Å². The molecular weight excluding hydrogens is 340 g/mol. The van der Waals surface area contributed by atoms with Gasteiger partial charge >= 0.3 is 0 Å². The molecule has 27 heavy (non-hydrogen) atoms. The first-order chi connectivity index (χ1) is 13.2. The third-order valence-electron chi connectivity index (χ3n) is 5.04. The number of fused-ring (bicyclic) bond motifs is 1. The van der Waals surface area contributed by atoms with Gasteiger partial charge in [-0.2, -0.15) is 0 Å². The first-order valence-corrected chi connectivity index (χ1v) is 9.97. The molecule has 2 aliphatic rings. The van der Waals surface area contributed by atoms with Crippen molar-refractivity contribution in [3.05, 3.63) is 35.8 Å². The summed E-state index contributed by atoms with van der Waals surface area (Å²) in [7, 11) is 0. The molecule has 1 fully saturated rings. The molecule has 0 saturated carbocycles. The summed E-state index contributed by atoms with van der Waals surface area (Å²) < 4.78 is 11.3. The van der Waals surface area contributed by atoms with Gasteiger partial charge in [0.2, 0.25) is 0 Å². The van der Waals surface area contributed by atoms with Crippen molar-refractivity contribution in [3.8, 4) is 11.5 Å². The molecule has 0 unspecified atom stereocenters. The molecule has 1 saturated heterocycles. The van der Waals surface area contributed by atoms with Crippen LogP contribution in [0.2, 0.25) is 0 Å². The van der Waals surface area contributed by atoms with Crippen LogP contribution in [0.25, 0.3) is 0 Å². The molecule has 0 amide bonds. The smallest absolute Gasteiger partial charge is 0.163 e. The van der Waals surface area contributed by atoms with Crippen LogP contribution in [0.15, 0.2) is 24.3 Å². The lowest BCUT2D eigenvalue weighted by Crippen LogP contribution is -2.42. The molecule has 0 bridgehead atoms. The first-order valence-electron chi connectivity index (χ1n) is 9.97. The number of aryl methyl sites for hydroxylation is 2. The van der Waals surface area contributed by atoms with E-state index in [0.717, 1.165) is 73.3 Å². The molecule has 144 valence electrons. The van der Waals surface area contributed by atoms with Crippen LogP contribution in [0.1, 0.15) is 37.7 Å². The van der Waals surface area contributed by atoms with Gasteiger partial charge in [-0.15, -0.1) is 0 Å². The number of benzene rings is 1. The van der Waals surface area contributed by atoms with E-state index in [9.17, 15) is 0 Å². The van der Waals surface area contributed by atoms with Crippen LogP contribution < -0.4 is 19.7 Å². The molecule has 3 heterocycles. The molecule has 2 aromatic rings. The second kappa shape index (κ2) is 8.03. The van der Waals surface area contributed by atoms with E-state index in [0.29, 0.717) is 19.3 Å². The van der Waals surface area contributed by atoms with Gasteiger partial charge in [0.1, 0.15) is 24.9 Å². The van der Waals surface area contributed by atoms with Gasteiger partial charge < -0.3 is 19.7 Å². The maximum Gasteiger partial charge on any atom is 0.163 e. The predicted octanol–water partition coefficient (Wildman–Crippen LogP) is 3.59. The number of hydrogen-bond donors (Lipinski definition) is 1. The van der Waals surface area contributed by atoms with E-state index in [-0.39, 0.29) is 0 Å². The van der Waals surface area contributed by atoms with Gasteiger partial charge in [-0.3, -0.25) is 0 Å². The fourth-order valence-corrected chi connectivity index (χ4v) is 3.83. The SMILES string of the molecule is CCCc1cc(N2CCC[C@@H](Nc3ccc4c(c3)OCCO4)C2)nc(C)n1. The summed E-state index contributed by atoms with van der Waals surface area (Å²) in [5, 5.41) is 3.66. The summed E-state index contributed by atoms with van der Waals surface area (Å²) in [6.45, 7) is 7.39. The Balaban J connectivity index is 1.45. The summed E-state index contributed by atoms with van der Waals surface area (Å²) in [5.41, 5.74) is 2.22. The number of anilines is 2.